The van der Waals surface area contributed by atoms with Crippen LogP contribution in [0.4, 0.5) is 0 Å². The number of ether oxygens (including phenoxy) is 1. The SMILES string of the molecule is COc1ccc([C@@H](C)N)cc1-c1cnn(C)c1. The van der Waals surface area contributed by atoms with E-state index in [1.54, 1.807) is 11.8 Å². The predicted molar refractivity (Wildman–Crippen MR) is 67.8 cm³/mol. The summed E-state index contributed by atoms with van der Waals surface area (Å²) in [6.07, 6.45) is 3.78. The summed E-state index contributed by atoms with van der Waals surface area (Å²) < 4.78 is 7.14. The van der Waals surface area contributed by atoms with Crippen molar-refractivity contribution in [2.24, 2.45) is 12.8 Å². The molecule has 1 heterocycles. The van der Waals surface area contributed by atoms with E-state index in [0.29, 0.717) is 0 Å². The fraction of sp³-hybridized carbons (Fsp3) is 0.308. The van der Waals surface area contributed by atoms with Crippen LogP contribution in [0, 0.1) is 0 Å². The number of nitrogens with two attached hydrogens (primary N) is 1. The molecule has 17 heavy (non-hydrogen) atoms. The lowest BCUT2D eigenvalue weighted by molar-refractivity contribution is 0.416. The van der Waals surface area contributed by atoms with Gasteiger partial charge in [-0.2, -0.15) is 5.10 Å². The second-order valence-corrected chi connectivity index (χ2v) is 4.15. The largest absolute Gasteiger partial charge is 0.496 e. The molecule has 0 saturated carbocycles. The van der Waals surface area contributed by atoms with Gasteiger partial charge in [-0.3, -0.25) is 4.68 Å². The maximum Gasteiger partial charge on any atom is 0.126 e. The van der Waals surface area contributed by atoms with E-state index < -0.39 is 0 Å². The van der Waals surface area contributed by atoms with Crippen LogP contribution in [0.1, 0.15) is 18.5 Å². The highest BCUT2D eigenvalue weighted by Gasteiger charge is 2.10. The third kappa shape index (κ3) is 2.31. The van der Waals surface area contributed by atoms with Gasteiger partial charge in [-0.1, -0.05) is 6.07 Å². The van der Waals surface area contributed by atoms with Gasteiger partial charge in [-0.25, -0.2) is 0 Å². The predicted octanol–water partition coefficient (Wildman–Crippen LogP) is 2.12. The summed E-state index contributed by atoms with van der Waals surface area (Å²) in [5.74, 6) is 0.836. The first-order chi connectivity index (χ1) is 8.11. The first-order valence-electron chi connectivity index (χ1n) is 5.54. The number of aryl methyl sites for hydroxylation is 1. The Balaban J connectivity index is 2.53. The Kier molecular flexibility index (Phi) is 3.15. The molecule has 4 heteroatoms. The Morgan fingerprint density at radius 1 is 1.41 bits per heavy atom. The molecule has 0 amide bonds. The molecule has 2 aromatic rings. The van der Waals surface area contributed by atoms with Crippen molar-refractivity contribution >= 4 is 0 Å². The van der Waals surface area contributed by atoms with E-state index >= 15 is 0 Å². The fourth-order valence-corrected chi connectivity index (χ4v) is 1.79. The van der Waals surface area contributed by atoms with Crippen LogP contribution in [0.5, 0.6) is 5.75 Å². The average Bonchev–Trinajstić information content (AvgIpc) is 2.74. The Morgan fingerprint density at radius 3 is 2.71 bits per heavy atom. The molecule has 4 nitrogen and oxygen atoms in total. The first-order valence-corrected chi connectivity index (χ1v) is 5.54. The lowest BCUT2D eigenvalue weighted by Gasteiger charge is -2.11. The molecule has 0 saturated heterocycles. The van der Waals surface area contributed by atoms with Crippen LogP contribution in [0.2, 0.25) is 0 Å². The summed E-state index contributed by atoms with van der Waals surface area (Å²) in [6, 6.07) is 6.00. The highest BCUT2D eigenvalue weighted by molar-refractivity contribution is 5.70. The molecule has 0 aliphatic heterocycles. The number of rotatable bonds is 3. The molecule has 0 bridgehead atoms. The Bertz CT molecular complexity index is 517. The third-order valence-corrected chi connectivity index (χ3v) is 2.77. The summed E-state index contributed by atoms with van der Waals surface area (Å²) in [5.41, 5.74) is 9.04. The molecule has 1 atom stereocenters. The summed E-state index contributed by atoms with van der Waals surface area (Å²) in [7, 11) is 3.56. The molecule has 0 spiro atoms. The van der Waals surface area contributed by atoms with Crippen molar-refractivity contribution in [3.8, 4) is 16.9 Å². The van der Waals surface area contributed by atoms with E-state index in [0.717, 1.165) is 22.4 Å². The quantitative estimate of drug-likeness (QED) is 0.880. The van der Waals surface area contributed by atoms with Crippen molar-refractivity contribution in [1.82, 2.24) is 9.78 Å². The highest BCUT2D eigenvalue weighted by atomic mass is 16.5. The molecule has 0 fully saturated rings. The van der Waals surface area contributed by atoms with Crippen LogP contribution < -0.4 is 10.5 Å². The molecule has 0 radical (unpaired) electrons. The molecule has 1 aromatic carbocycles. The number of hydrogen-bond donors (Lipinski definition) is 1. The lowest BCUT2D eigenvalue weighted by Crippen LogP contribution is -2.05. The second-order valence-electron chi connectivity index (χ2n) is 4.15. The number of benzene rings is 1. The van der Waals surface area contributed by atoms with Gasteiger partial charge in [0.25, 0.3) is 0 Å². The molecule has 0 aliphatic rings. The van der Waals surface area contributed by atoms with Crippen molar-refractivity contribution in [2.45, 2.75) is 13.0 Å². The van der Waals surface area contributed by atoms with E-state index in [-0.39, 0.29) is 6.04 Å². The van der Waals surface area contributed by atoms with Crippen LogP contribution in [0.15, 0.2) is 30.6 Å². The molecule has 2 N–H and O–H groups in total. The maximum atomic E-state index is 5.90. The smallest absolute Gasteiger partial charge is 0.126 e. The lowest BCUT2D eigenvalue weighted by atomic mass is 10.0. The standard InChI is InChI=1S/C13H17N3O/c1-9(14)10-4-5-13(17-3)12(6-10)11-7-15-16(2)8-11/h4-9H,14H2,1-3H3/t9-/m1/s1. The molecule has 0 unspecified atom stereocenters. The number of aromatic nitrogens is 2. The summed E-state index contributed by atoms with van der Waals surface area (Å²) in [5, 5.41) is 4.17. The number of hydrogen-bond acceptors (Lipinski definition) is 3. The highest BCUT2D eigenvalue weighted by Crippen LogP contribution is 2.31. The zero-order valence-electron chi connectivity index (χ0n) is 10.3. The van der Waals surface area contributed by atoms with Gasteiger partial charge < -0.3 is 10.5 Å². The van der Waals surface area contributed by atoms with Gasteiger partial charge in [0.15, 0.2) is 0 Å². The van der Waals surface area contributed by atoms with Crippen LogP contribution >= 0.6 is 0 Å². The Labute approximate surface area is 101 Å². The molecular weight excluding hydrogens is 214 g/mol. The Morgan fingerprint density at radius 2 is 2.18 bits per heavy atom. The van der Waals surface area contributed by atoms with E-state index in [9.17, 15) is 0 Å². The van der Waals surface area contributed by atoms with Gasteiger partial charge in [0.05, 0.1) is 13.3 Å². The minimum atomic E-state index is 0.0105. The van der Waals surface area contributed by atoms with Crippen molar-refractivity contribution in [3.63, 3.8) is 0 Å². The van der Waals surface area contributed by atoms with Gasteiger partial charge in [0, 0.05) is 30.4 Å². The van der Waals surface area contributed by atoms with Crippen LogP contribution in [-0.2, 0) is 7.05 Å². The van der Waals surface area contributed by atoms with Gasteiger partial charge in [-0.15, -0.1) is 0 Å². The van der Waals surface area contributed by atoms with E-state index in [1.807, 2.05) is 38.5 Å². The van der Waals surface area contributed by atoms with Crippen molar-refractivity contribution in [2.75, 3.05) is 7.11 Å². The monoisotopic (exact) mass is 231 g/mol. The molecule has 2 rings (SSSR count). The summed E-state index contributed by atoms with van der Waals surface area (Å²) >= 11 is 0. The summed E-state index contributed by atoms with van der Waals surface area (Å²) in [4.78, 5) is 0. The van der Waals surface area contributed by atoms with Crippen LogP contribution in [0.25, 0.3) is 11.1 Å². The number of nitrogens with zero attached hydrogens (tertiary/aromatic N) is 2. The Hall–Kier alpha value is -1.81. The van der Waals surface area contributed by atoms with Crippen molar-refractivity contribution < 1.29 is 4.74 Å². The van der Waals surface area contributed by atoms with Gasteiger partial charge >= 0.3 is 0 Å². The topological polar surface area (TPSA) is 53.1 Å². The molecule has 1 aromatic heterocycles. The molecular formula is C13H17N3O. The fourth-order valence-electron chi connectivity index (χ4n) is 1.79. The van der Waals surface area contributed by atoms with Gasteiger partial charge in [0.1, 0.15) is 5.75 Å². The van der Waals surface area contributed by atoms with E-state index in [2.05, 4.69) is 11.2 Å². The normalized spacial score (nSPS) is 12.5. The van der Waals surface area contributed by atoms with Crippen LogP contribution in [0.3, 0.4) is 0 Å². The molecule has 0 aliphatic carbocycles. The van der Waals surface area contributed by atoms with Gasteiger partial charge in [0.2, 0.25) is 0 Å². The van der Waals surface area contributed by atoms with Gasteiger partial charge in [-0.05, 0) is 24.6 Å². The van der Waals surface area contributed by atoms with E-state index in [1.165, 1.54) is 0 Å². The minimum Gasteiger partial charge on any atom is -0.496 e. The van der Waals surface area contributed by atoms with Crippen LogP contribution in [-0.4, -0.2) is 16.9 Å². The zero-order valence-corrected chi connectivity index (χ0v) is 10.3. The van der Waals surface area contributed by atoms with Crippen molar-refractivity contribution in [3.05, 3.63) is 36.2 Å². The van der Waals surface area contributed by atoms with Crippen molar-refractivity contribution in [1.29, 1.82) is 0 Å². The van der Waals surface area contributed by atoms with E-state index in [4.69, 9.17) is 10.5 Å². The molecule has 90 valence electrons. The minimum absolute atomic E-state index is 0.0105. The summed E-state index contributed by atoms with van der Waals surface area (Å²) in [6.45, 7) is 1.97. The number of methoxy groups -OCH3 is 1. The zero-order chi connectivity index (χ0) is 12.4. The second kappa shape index (κ2) is 4.59. The third-order valence-electron chi connectivity index (χ3n) is 2.77. The average molecular weight is 231 g/mol. The first kappa shape index (κ1) is 11.7. The maximum absolute atomic E-state index is 5.90.